The van der Waals surface area contributed by atoms with Crippen molar-refractivity contribution in [3.05, 3.63) is 0 Å². The third-order valence-electron chi connectivity index (χ3n) is 3.39. The first kappa shape index (κ1) is 11.7. The molecule has 0 saturated carbocycles. The predicted octanol–water partition coefficient (Wildman–Crippen LogP) is 1.91. The molecule has 2 fully saturated rings. The lowest BCUT2D eigenvalue weighted by molar-refractivity contribution is -0.0221. The van der Waals surface area contributed by atoms with E-state index in [2.05, 4.69) is 0 Å². The van der Waals surface area contributed by atoms with Crippen molar-refractivity contribution in [2.75, 3.05) is 0 Å². The fourth-order valence-corrected chi connectivity index (χ4v) is 2.73. The summed E-state index contributed by atoms with van der Waals surface area (Å²) in [5.74, 6) is 0. The highest BCUT2D eigenvalue weighted by molar-refractivity contribution is 5.69. The van der Waals surface area contributed by atoms with Gasteiger partial charge in [-0.25, -0.2) is 4.79 Å². The lowest BCUT2D eigenvalue weighted by Gasteiger charge is -2.38. The van der Waals surface area contributed by atoms with E-state index in [9.17, 15) is 9.90 Å². The van der Waals surface area contributed by atoms with E-state index in [1.54, 1.807) is 4.90 Å². The van der Waals surface area contributed by atoms with Gasteiger partial charge in [-0.2, -0.15) is 0 Å². The van der Waals surface area contributed by atoms with E-state index in [4.69, 9.17) is 4.74 Å². The van der Waals surface area contributed by atoms with Crippen LogP contribution in [-0.4, -0.2) is 39.9 Å². The second-order valence-electron chi connectivity index (χ2n) is 5.83. The number of carbonyl (C=O) groups excluding carboxylic acids is 1. The third-order valence-corrected chi connectivity index (χ3v) is 3.39. The van der Waals surface area contributed by atoms with Crippen molar-refractivity contribution < 1.29 is 14.6 Å². The summed E-state index contributed by atoms with van der Waals surface area (Å²) in [4.78, 5) is 13.8. The molecule has 2 bridgehead atoms. The Labute approximate surface area is 96.6 Å². The average Bonchev–Trinajstić information content (AvgIpc) is 2.46. The number of hydrogen-bond acceptors (Lipinski definition) is 3. The Morgan fingerprint density at radius 3 is 2.50 bits per heavy atom. The Morgan fingerprint density at radius 2 is 1.88 bits per heavy atom. The lowest BCUT2D eigenvalue weighted by atomic mass is 10.0. The number of fused-ring (bicyclic) bond motifs is 2. The zero-order valence-electron chi connectivity index (χ0n) is 10.3. The molecule has 4 nitrogen and oxygen atoms in total. The molecule has 3 atom stereocenters. The van der Waals surface area contributed by atoms with Gasteiger partial charge in [0, 0.05) is 6.04 Å². The maximum Gasteiger partial charge on any atom is 0.410 e. The molecule has 2 aliphatic heterocycles. The number of nitrogens with zero attached hydrogens (tertiary/aromatic N) is 1. The van der Waals surface area contributed by atoms with Crippen molar-refractivity contribution in [3.8, 4) is 0 Å². The van der Waals surface area contributed by atoms with Gasteiger partial charge in [0.15, 0.2) is 0 Å². The maximum absolute atomic E-state index is 12.0. The van der Waals surface area contributed by atoms with E-state index in [1.165, 1.54) is 0 Å². The van der Waals surface area contributed by atoms with Crippen molar-refractivity contribution in [3.63, 3.8) is 0 Å². The predicted molar refractivity (Wildman–Crippen MR) is 60.1 cm³/mol. The number of hydrogen-bond donors (Lipinski definition) is 1. The van der Waals surface area contributed by atoms with Crippen LogP contribution in [-0.2, 0) is 4.74 Å². The number of amides is 1. The number of piperidine rings is 1. The fourth-order valence-electron chi connectivity index (χ4n) is 2.73. The Kier molecular flexibility index (Phi) is 2.86. The van der Waals surface area contributed by atoms with Gasteiger partial charge in [0.1, 0.15) is 5.60 Å². The average molecular weight is 227 g/mol. The summed E-state index contributed by atoms with van der Waals surface area (Å²) in [6.45, 7) is 5.60. The molecule has 0 aromatic heterocycles. The molecule has 2 heterocycles. The smallest absolute Gasteiger partial charge is 0.410 e. The highest BCUT2D eigenvalue weighted by Crippen LogP contribution is 2.36. The van der Waals surface area contributed by atoms with E-state index < -0.39 is 5.60 Å². The first-order valence-electron chi connectivity index (χ1n) is 6.08. The van der Waals surface area contributed by atoms with Crippen LogP contribution in [0.1, 0.15) is 46.5 Å². The summed E-state index contributed by atoms with van der Waals surface area (Å²) >= 11 is 0. The zero-order chi connectivity index (χ0) is 11.9. The standard InChI is InChI=1S/C12H21NO3/c1-12(2,3)16-11(15)13-8-4-6-9(13)10(14)7-5-8/h8-10,14H,4-7H2,1-3H3/t8-,9-,10+/m0/s1. The topological polar surface area (TPSA) is 49.8 Å². The maximum atomic E-state index is 12.0. The molecular weight excluding hydrogens is 206 g/mol. The van der Waals surface area contributed by atoms with Gasteiger partial charge in [-0.15, -0.1) is 0 Å². The molecule has 0 aliphatic carbocycles. The van der Waals surface area contributed by atoms with Crippen molar-refractivity contribution >= 4 is 6.09 Å². The molecule has 2 aliphatic rings. The third kappa shape index (κ3) is 2.17. The van der Waals surface area contributed by atoms with E-state index in [1.807, 2.05) is 20.8 Å². The number of aliphatic hydroxyl groups excluding tert-OH is 1. The van der Waals surface area contributed by atoms with Crippen molar-refractivity contribution in [1.29, 1.82) is 0 Å². The quantitative estimate of drug-likeness (QED) is 0.687. The largest absolute Gasteiger partial charge is 0.444 e. The molecule has 92 valence electrons. The molecular formula is C12H21NO3. The first-order valence-corrected chi connectivity index (χ1v) is 6.08. The van der Waals surface area contributed by atoms with Gasteiger partial charge < -0.3 is 9.84 Å². The molecule has 4 heteroatoms. The van der Waals surface area contributed by atoms with Crippen LogP contribution >= 0.6 is 0 Å². The molecule has 0 aromatic carbocycles. The molecule has 16 heavy (non-hydrogen) atoms. The fraction of sp³-hybridized carbons (Fsp3) is 0.917. The van der Waals surface area contributed by atoms with Gasteiger partial charge >= 0.3 is 6.09 Å². The van der Waals surface area contributed by atoms with Crippen LogP contribution in [0.2, 0.25) is 0 Å². The zero-order valence-corrected chi connectivity index (χ0v) is 10.3. The van der Waals surface area contributed by atoms with Crippen LogP contribution < -0.4 is 0 Å². The Bertz CT molecular complexity index is 284. The van der Waals surface area contributed by atoms with Gasteiger partial charge in [-0.05, 0) is 46.5 Å². The number of rotatable bonds is 0. The molecule has 0 unspecified atom stereocenters. The minimum atomic E-state index is -0.459. The van der Waals surface area contributed by atoms with Crippen LogP contribution in [0.25, 0.3) is 0 Å². The summed E-state index contributed by atoms with van der Waals surface area (Å²) in [5.41, 5.74) is -0.459. The van der Waals surface area contributed by atoms with Gasteiger partial charge in [-0.1, -0.05) is 0 Å². The Hall–Kier alpha value is -0.770. The minimum absolute atomic E-state index is 0.0198. The van der Waals surface area contributed by atoms with E-state index in [-0.39, 0.29) is 24.3 Å². The van der Waals surface area contributed by atoms with Crippen LogP contribution in [0.5, 0.6) is 0 Å². The second-order valence-corrected chi connectivity index (χ2v) is 5.83. The van der Waals surface area contributed by atoms with Crippen LogP contribution in [0.4, 0.5) is 4.79 Å². The highest BCUT2D eigenvalue weighted by atomic mass is 16.6. The number of carbonyl (C=O) groups is 1. The van der Waals surface area contributed by atoms with Crippen LogP contribution in [0, 0.1) is 0 Å². The summed E-state index contributed by atoms with van der Waals surface area (Å²) in [7, 11) is 0. The normalized spacial score (nSPS) is 34.0. The monoisotopic (exact) mass is 227 g/mol. The number of aliphatic hydroxyl groups is 1. The van der Waals surface area contributed by atoms with Gasteiger partial charge in [0.2, 0.25) is 0 Å². The van der Waals surface area contributed by atoms with Gasteiger partial charge in [0.25, 0.3) is 0 Å². The Morgan fingerprint density at radius 1 is 1.25 bits per heavy atom. The van der Waals surface area contributed by atoms with Gasteiger partial charge in [0.05, 0.1) is 12.1 Å². The van der Waals surface area contributed by atoms with Crippen molar-refractivity contribution in [2.45, 2.75) is 70.2 Å². The van der Waals surface area contributed by atoms with Gasteiger partial charge in [-0.3, -0.25) is 4.90 Å². The summed E-state index contributed by atoms with van der Waals surface area (Å²) < 4.78 is 5.38. The second kappa shape index (κ2) is 3.91. The molecule has 2 rings (SSSR count). The molecule has 1 N–H and O–H groups in total. The first-order chi connectivity index (χ1) is 7.38. The molecule has 0 radical (unpaired) electrons. The number of ether oxygens (including phenoxy) is 1. The highest BCUT2D eigenvalue weighted by Gasteiger charge is 2.45. The molecule has 0 aromatic rings. The van der Waals surface area contributed by atoms with E-state index in [0.717, 1.165) is 25.7 Å². The van der Waals surface area contributed by atoms with E-state index in [0.29, 0.717) is 0 Å². The SMILES string of the molecule is CC(C)(C)OC(=O)N1[C@@H]2CC[C@@H](O)[C@@H]1CC2. The lowest BCUT2D eigenvalue weighted by Crippen LogP contribution is -2.51. The van der Waals surface area contributed by atoms with Crippen molar-refractivity contribution in [1.82, 2.24) is 4.90 Å². The summed E-state index contributed by atoms with van der Waals surface area (Å²) in [5, 5.41) is 9.86. The van der Waals surface area contributed by atoms with Crippen molar-refractivity contribution in [2.24, 2.45) is 0 Å². The van der Waals surface area contributed by atoms with E-state index >= 15 is 0 Å². The molecule has 2 saturated heterocycles. The van der Waals surface area contributed by atoms with Crippen LogP contribution in [0.15, 0.2) is 0 Å². The summed E-state index contributed by atoms with van der Waals surface area (Å²) in [6.07, 6.45) is 2.99. The minimum Gasteiger partial charge on any atom is -0.444 e. The van der Waals surface area contributed by atoms with Crippen LogP contribution in [0.3, 0.4) is 0 Å². The Balaban J connectivity index is 2.07. The summed E-state index contributed by atoms with van der Waals surface area (Å²) in [6, 6.07) is 0.261. The molecule has 1 amide bonds. The molecule has 0 spiro atoms.